The topological polar surface area (TPSA) is 117 Å². The zero-order valence-electron chi connectivity index (χ0n) is 24.2. The first-order valence-electron chi connectivity index (χ1n) is 15.1. The summed E-state index contributed by atoms with van der Waals surface area (Å²) >= 11 is 0. The Morgan fingerprint density at radius 2 is 1.90 bits per heavy atom. The van der Waals surface area contributed by atoms with Crippen LogP contribution in [0.5, 0.6) is 0 Å². The molecule has 1 aliphatic heterocycles. The summed E-state index contributed by atoms with van der Waals surface area (Å²) in [5.41, 5.74) is 2.30. The van der Waals surface area contributed by atoms with Gasteiger partial charge in [0.1, 0.15) is 0 Å². The smallest absolute Gasteiger partial charge is 0.305 e. The number of rotatable bonds is 7. The molecule has 3 saturated carbocycles. The number of hydrogen-bond donors (Lipinski definition) is 3. The zero-order valence-corrected chi connectivity index (χ0v) is 24.2. The molecule has 3 N–H and O–H groups in total. The lowest BCUT2D eigenvalue weighted by Crippen LogP contribution is -2.51. The Hall–Kier alpha value is -1.93. The van der Waals surface area contributed by atoms with Gasteiger partial charge in [-0.2, -0.15) is 0 Å². The van der Waals surface area contributed by atoms with Crippen LogP contribution in [-0.4, -0.2) is 58.8 Å². The van der Waals surface area contributed by atoms with Crippen molar-refractivity contribution in [2.24, 2.45) is 39.7 Å². The van der Waals surface area contributed by atoms with Crippen molar-refractivity contribution in [3.63, 3.8) is 0 Å². The molecule has 1 heterocycles. The maximum absolute atomic E-state index is 12.7. The second-order valence-electron chi connectivity index (χ2n) is 14.1. The van der Waals surface area contributed by atoms with Crippen LogP contribution in [0.1, 0.15) is 98.3 Å². The molecule has 0 unspecified atom stereocenters. The second-order valence-corrected chi connectivity index (χ2v) is 14.1. The maximum Gasteiger partial charge on any atom is 0.305 e. The van der Waals surface area contributed by atoms with E-state index in [9.17, 15) is 19.8 Å². The minimum absolute atomic E-state index is 0.0427. The molecule has 0 aromatic rings. The van der Waals surface area contributed by atoms with Crippen molar-refractivity contribution < 1.29 is 29.4 Å². The number of carboxylic acid groups (broad SMARTS) is 1. The monoisotopic (exact) mass is 544 g/mol. The molecule has 218 valence electrons. The number of carbonyl (C=O) groups excluding carboxylic acids is 1. The molecule has 5 aliphatic rings. The summed E-state index contributed by atoms with van der Waals surface area (Å²) < 4.78 is 5.77. The number of oxime groups is 1. The fourth-order valence-corrected chi connectivity index (χ4v) is 9.18. The van der Waals surface area contributed by atoms with Gasteiger partial charge in [0.15, 0.2) is 6.61 Å². The van der Waals surface area contributed by atoms with E-state index in [1.807, 2.05) is 13.8 Å². The SMILES string of the molecule is CC1(C)C[C@H]([C@H](CC(=O)O)NC(=O)CON=C2C=C3CC[C@H]4[C@@H](CC[C@]5(C)[C@@H](O)CC[C@@H]45)[C@@]3(C)CC2)CCO1. The van der Waals surface area contributed by atoms with E-state index in [1.165, 1.54) is 18.4 Å². The summed E-state index contributed by atoms with van der Waals surface area (Å²) in [7, 11) is 0. The molecule has 0 aromatic heterocycles. The highest BCUT2D eigenvalue weighted by atomic mass is 16.6. The molecule has 5 rings (SSSR count). The summed E-state index contributed by atoms with van der Waals surface area (Å²) in [6.07, 6.45) is 11.9. The molecule has 1 amide bonds. The fraction of sp³-hybridized carbons (Fsp3) is 0.839. The molecule has 0 aromatic carbocycles. The standard InChI is InChI=1S/C31H48N2O6/c1-29(2)17-19(11-14-38-29)25(16-28(36)37)32-27(35)18-39-33-21-9-12-30(3)20(15-21)5-6-22-23-7-8-26(34)31(23,4)13-10-24(22)30/h15,19,22-26,34H,5-14,16-18H2,1-4H3,(H,32,35)(H,36,37)/t19-,22-,23+,24-,25+,26+,30+,31+/m1/s1. The average molecular weight is 545 g/mol. The van der Waals surface area contributed by atoms with E-state index in [4.69, 9.17) is 9.57 Å². The Labute approximate surface area is 233 Å². The highest BCUT2D eigenvalue weighted by Gasteiger charge is 2.58. The number of aliphatic carboxylic acids is 1. The number of fused-ring (bicyclic) bond motifs is 5. The molecule has 8 nitrogen and oxygen atoms in total. The van der Waals surface area contributed by atoms with Gasteiger partial charge in [-0.25, -0.2) is 0 Å². The summed E-state index contributed by atoms with van der Waals surface area (Å²) in [4.78, 5) is 29.7. The highest BCUT2D eigenvalue weighted by molar-refractivity contribution is 5.96. The average Bonchev–Trinajstić information content (AvgIpc) is 3.17. The van der Waals surface area contributed by atoms with Crippen molar-refractivity contribution in [1.29, 1.82) is 0 Å². The lowest BCUT2D eigenvalue weighted by Gasteiger charge is -2.57. The Kier molecular flexibility index (Phi) is 7.92. The molecule has 0 spiro atoms. The number of nitrogens with one attached hydrogen (secondary N) is 1. The van der Waals surface area contributed by atoms with Crippen molar-refractivity contribution in [3.8, 4) is 0 Å². The minimum Gasteiger partial charge on any atom is -0.481 e. The lowest BCUT2D eigenvalue weighted by atomic mass is 9.47. The van der Waals surface area contributed by atoms with Crippen molar-refractivity contribution in [3.05, 3.63) is 11.6 Å². The Balaban J connectivity index is 1.18. The first-order chi connectivity index (χ1) is 18.4. The van der Waals surface area contributed by atoms with E-state index in [0.717, 1.165) is 50.7 Å². The molecular formula is C31H48N2O6. The summed E-state index contributed by atoms with van der Waals surface area (Å²) in [6.45, 7) is 9.10. The molecular weight excluding hydrogens is 496 g/mol. The van der Waals surface area contributed by atoms with E-state index in [0.29, 0.717) is 30.8 Å². The molecule has 8 atom stereocenters. The van der Waals surface area contributed by atoms with Crippen LogP contribution >= 0.6 is 0 Å². The number of allylic oxidation sites excluding steroid dienone is 2. The molecule has 8 heteroatoms. The number of nitrogens with zero attached hydrogens (tertiary/aromatic N) is 1. The number of carbonyl (C=O) groups is 2. The van der Waals surface area contributed by atoms with Crippen molar-refractivity contribution in [2.45, 2.75) is 116 Å². The van der Waals surface area contributed by atoms with Gasteiger partial charge in [0, 0.05) is 12.6 Å². The number of hydrogen-bond acceptors (Lipinski definition) is 6. The fourth-order valence-electron chi connectivity index (χ4n) is 9.18. The van der Waals surface area contributed by atoms with Crippen molar-refractivity contribution in [2.75, 3.05) is 13.2 Å². The van der Waals surface area contributed by atoms with Gasteiger partial charge in [0.25, 0.3) is 5.91 Å². The quantitative estimate of drug-likeness (QED) is 0.395. The summed E-state index contributed by atoms with van der Waals surface area (Å²) in [5.74, 6) is 0.772. The zero-order chi connectivity index (χ0) is 28.0. The number of carboxylic acids is 1. The molecule has 39 heavy (non-hydrogen) atoms. The number of aliphatic hydroxyl groups excluding tert-OH is 1. The van der Waals surface area contributed by atoms with Crippen LogP contribution in [0.3, 0.4) is 0 Å². The van der Waals surface area contributed by atoms with Crippen LogP contribution in [0.25, 0.3) is 0 Å². The predicted octanol–water partition coefficient (Wildman–Crippen LogP) is 4.85. The van der Waals surface area contributed by atoms with Crippen LogP contribution in [0.4, 0.5) is 0 Å². The molecule has 0 bridgehead atoms. The van der Waals surface area contributed by atoms with E-state index in [2.05, 4.69) is 30.4 Å². The molecule has 0 radical (unpaired) electrons. The van der Waals surface area contributed by atoms with Gasteiger partial charge in [-0.1, -0.05) is 24.6 Å². The molecule has 4 aliphatic carbocycles. The van der Waals surface area contributed by atoms with Gasteiger partial charge in [-0.3, -0.25) is 9.59 Å². The van der Waals surface area contributed by atoms with Crippen LogP contribution in [-0.2, 0) is 19.2 Å². The third-order valence-corrected chi connectivity index (χ3v) is 11.3. The maximum atomic E-state index is 12.7. The lowest BCUT2D eigenvalue weighted by molar-refractivity contribution is -0.139. The predicted molar refractivity (Wildman–Crippen MR) is 148 cm³/mol. The Bertz CT molecular complexity index is 1020. The van der Waals surface area contributed by atoms with E-state index in [-0.39, 0.29) is 47.4 Å². The summed E-state index contributed by atoms with van der Waals surface area (Å²) in [6, 6.07) is -0.458. The third kappa shape index (κ3) is 5.65. The number of ether oxygens (including phenoxy) is 1. The minimum atomic E-state index is -0.927. The van der Waals surface area contributed by atoms with Gasteiger partial charge in [-0.15, -0.1) is 0 Å². The first-order valence-corrected chi connectivity index (χ1v) is 15.1. The van der Waals surface area contributed by atoms with Crippen LogP contribution in [0, 0.1) is 34.5 Å². The van der Waals surface area contributed by atoms with Crippen LogP contribution in [0.15, 0.2) is 16.8 Å². The van der Waals surface area contributed by atoms with Gasteiger partial charge in [0.2, 0.25) is 0 Å². The summed E-state index contributed by atoms with van der Waals surface area (Å²) in [5, 5.41) is 27.3. The Morgan fingerprint density at radius 1 is 1.10 bits per heavy atom. The molecule has 4 fully saturated rings. The normalized spacial score (nSPS) is 41.0. The van der Waals surface area contributed by atoms with E-state index >= 15 is 0 Å². The largest absolute Gasteiger partial charge is 0.481 e. The van der Waals surface area contributed by atoms with Crippen molar-refractivity contribution in [1.82, 2.24) is 5.32 Å². The molecule has 1 saturated heterocycles. The number of amides is 1. The number of aliphatic hydroxyl groups is 1. The van der Waals surface area contributed by atoms with E-state index in [1.54, 1.807) is 0 Å². The van der Waals surface area contributed by atoms with Crippen LogP contribution < -0.4 is 5.32 Å². The van der Waals surface area contributed by atoms with Crippen molar-refractivity contribution >= 4 is 17.6 Å². The van der Waals surface area contributed by atoms with E-state index < -0.39 is 12.0 Å². The van der Waals surface area contributed by atoms with Crippen LogP contribution in [0.2, 0.25) is 0 Å². The Morgan fingerprint density at radius 3 is 2.64 bits per heavy atom. The van der Waals surface area contributed by atoms with Gasteiger partial charge in [-0.05, 0) is 119 Å². The van der Waals surface area contributed by atoms with Gasteiger partial charge in [0.05, 0.1) is 23.8 Å². The third-order valence-electron chi connectivity index (χ3n) is 11.3. The van der Waals surface area contributed by atoms with Gasteiger partial charge >= 0.3 is 5.97 Å². The van der Waals surface area contributed by atoms with Gasteiger partial charge < -0.3 is 25.1 Å². The first kappa shape index (κ1) is 28.6. The highest BCUT2D eigenvalue weighted by Crippen LogP contribution is 2.65. The second kappa shape index (κ2) is 10.8.